The van der Waals surface area contributed by atoms with E-state index in [4.69, 9.17) is 0 Å². The van der Waals surface area contributed by atoms with E-state index in [9.17, 15) is 9.50 Å². The molecule has 1 aliphatic rings. The number of aryl methyl sites for hydroxylation is 1. The number of aliphatic hydroxyl groups is 1. The van der Waals surface area contributed by atoms with Crippen molar-refractivity contribution in [2.24, 2.45) is 5.92 Å². The Hall–Kier alpha value is -0.890. The molecule has 1 fully saturated rings. The molecular formula is C14H19FO. The van der Waals surface area contributed by atoms with Gasteiger partial charge >= 0.3 is 0 Å². The van der Waals surface area contributed by atoms with Crippen LogP contribution in [0.15, 0.2) is 18.2 Å². The summed E-state index contributed by atoms with van der Waals surface area (Å²) >= 11 is 0. The Balaban J connectivity index is 2.07. The number of benzene rings is 1. The molecule has 0 heterocycles. The van der Waals surface area contributed by atoms with Gasteiger partial charge in [-0.15, -0.1) is 0 Å². The number of rotatable bonds is 3. The Morgan fingerprint density at radius 1 is 1.38 bits per heavy atom. The monoisotopic (exact) mass is 222 g/mol. The average molecular weight is 222 g/mol. The fourth-order valence-electron chi connectivity index (χ4n) is 2.61. The lowest BCUT2D eigenvalue weighted by atomic mass is 9.94. The molecule has 0 aliphatic heterocycles. The number of hydrogen-bond donors (Lipinski definition) is 1. The molecule has 1 saturated carbocycles. The molecule has 1 aromatic rings. The van der Waals surface area contributed by atoms with E-state index >= 15 is 0 Å². The normalized spacial score (nSPS) is 18.9. The summed E-state index contributed by atoms with van der Waals surface area (Å²) < 4.78 is 13.5. The summed E-state index contributed by atoms with van der Waals surface area (Å²) in [6, 6.07) is 4.94. The molecule has 0 saturated heterocycles. The van der Waals surface area contributed by atoms with Crippen molar-refractivity contribution < 1.29 is 9.50 Å². The molecule has 1 unspecified atom stereocenters. The van der Waals surface area contributed by atoms with Crippen molar-refractivity contribution in [3.8, 4) is 0 Å². The van der Waals surface area contributed by atoms with Crippen molar-refractivity contribution in [1.82, 2.24) is 0 Å². The van der Waals surface area contributed by atoms with E-state index in [1.54, 1.807) is 12.1 Å². The van der Waals surface area contributed by atoms with Crippen LogP contribution in [0.1, 0.15) is 49.3 Å². The lowest BCUT2D eigenvalue weighted by molar-refractivity contribution is 0.140. The molecule has 1 aromatic carbocycles. The van der Waals surface area contributed by atoms with Crippen molar-refractivity contribution >= 4 is 0 Å². The van der Waals surface area contributed by atoms with Crippen LogP contribution in [0.3, 0.4) is 0 Å². The second-order valence-corrected chi connectivity index (χ2v) is 4.93. The zero-order valence-corrected chi connectivity index (χ0v) is 9.75. The summed E-state index contributed by atoms with van der Waals surface area (Å²) in [4.78, 5) is 0. The molecule has 88 valence electrons. The van der Waals surface area contributed by atoms with Crippen LogP contribution in [0.4, 0.5) is 4.39 Å². The number of aliphatic hydroxyl groups excluding tert-OH is 1. The lowest BCUT2D eigenvalue weighted by Crippen LogP contribution is -2.06. The Morgan fingerprint density at radius 3 is 2.75 bits per heavy atom. The summed E-state index contributed by atoms with van der Waals surface area (Å²) in [5.41, 5.74) is 1.47. The van der Waals surface area contributed by atoms with E-state index in [1.165, 1.54) is 31.7 Å². The Bertz CT molecular complexity index is 356. The maximum atomic E-state index is 13.5. The van der Waals surface area contributed by atoms with E-state index in [-0.39, 0.29) is 5.82 Å². The second-order valence-electron chi connectivity index (χ2n) is 4.93. The smallest absolute Gasteiger partial charge is 0.129 e. The number of halogens is 1. The first-order chi connectivity index (χ1) is 7.66. The van der Waals surface area contributed by atoms with Crippen LogP contribution in [0.25, 0.3) is 0 Å². The largest absolute Gasteiger partial charge is 0.388 e. The molecule has 1 N–H and O–H groups in total. The van der Waals surface area contributed by atoms with E-state index in [2.05, 4.69) is 0 Å². The summed E-state index contributed by atoms with van der Waals surface area (Å²) in [7, 11) is 0. The molecule has 2 heteroatoms. The summed E-state index contributed by atoms with van der Waals surface area (Å²) in [5.74, 6) is 0.297. The fourth-order valence-corrected chi connectivity index (χ4v) is 2.61. The zero-order chi connectivity index (χ0) is 11.5. The van der Waals surface area contributed by atoms with E-state index < -0.39 is 6.10 Å². The minimum Gasteiger partial charge on any atom is -0.388 e. The van der Waals surface area contributed by atoms with Gasteiger partial charge in [-0.05, 0) is 25.3 Å². The van der Waals surface area contributed by atoms with E-state index in [0.29, 0.717) is 17.9 Å². The van der Waals surface area contributed by atoms with Crippen LogP contribution in [-0.2, 0) is 0 Å². The Kier molecular flexibility index (Phi) is 3.59. The quantitative estimate of drug-likeness (QED) is 0.825. The topological polar surface area (TPSA) is 20.2 Å². The maximum absolute atomic E-state index is 13.5. The lowest BCUT2D eigenvalue weighted by Gasteiger charge is -2.16. The van der Waals surface area contributed by atoms with Gasteiger partial charge in [0, 0.05) is 5.56 Å². The highest BCUT2D eigenvalue weighted by atomic mass is 19.1. The summed E-state index contributed by atoms with van der Waals surface area (Å²) in [6.45, 7) is 1.92. The highest BCUT2D eigenvalue weighted by molar-refractivity contribution is 5.25. The SMILES string of the molecule is Cc1ccc(F)c(C(O)CC2CCCC2)c1. The first-order valence-electron chi connectivity index (χ1n) is 6.11. The van der Waals surface area contributed by atoms with E-state index in [1.807, 2.05) is 6.92 Å². The fraction of sp³-hybridized carbons (Fsp3) is 0.571. The van der Waals surface area contributed by atoms with Gasteiger partial charge in [0.05, 0.1) is 6.10 Å². The highest BCUT2D eigenvalue weighted by Gasteiger charge is 2.21. The molecule has 1 aliphatic carbocycles. The van der Waals surface area contributed by atoms with Crippen LogP contribution in [0.5, 0.6) is 0 Å². The van der Waals surface area contributed by atoms with Gasteiger partial charge in [-0.1, -0.05) is 43.4 Å². The highest BCUT2D eigenvalue weighted by Crippen LogP contribution is 2.33. The molecule has 1 atom stereocenters. The first kappa shape index (κ1) is 11.6. The van der Waals surface area contributed by atoms with Crippen LogP contribution < -0.4 is 0 Å². The third-order valence-corrected chi connectivity index (χ3v) is 3.54. The predicted molar refractivity (Wildman–Crippen MR) is 62.7 cm³/mol. The van der Waals surface area contributed by atoms with Crippen molar-refractivity contribution in [3.63, 3.8) is 0 Å². The van der Waals surface area contributed by atoms with Crippen molar-refractivity contribution in [2.45, 2.75) is 45.1 Å². The molecule has 1 nitrogen and oxygen atoms in total. The molecule has 2 rings (SSSR count). The van der Waals surface area contributed by atoms with Crippen molar-refractivity contribution in [2.75, 3.05) is 0 Å². The Morgan fingerprint density at radius 2 is 2.06 bits per heavy atom. The van der Waals surface area contributed by atoms with Crippen LogP contribution in [-0.4, -0.2) is 5.11 Å². The summed E-state index contributed by atoms with van der Waals surface area (Å²) in [6.07, 6.45) is 4.96. The molecule has 0 radical (unpaired) electrons. The predicted octanol–water partition coefficient (Wildman–Crippen LogP) is 3.75. The van der Waals surface area contributed by atoms with Gasteiger partial charge in [-0.2, -0.15) is 0 Å². The zero-order valence-electron chi connectivity index (χ0n) is 9.75. The van der Waals surface area contributed by atoms with Gasteiger partial charge in [0.15, 0.2) is 0 Å². The molecule has 0 bridgehead atoms. The van der Waals surface area contributed by atoms with Gasteiger partial charge in [-0.25, -0.2) is 4.39 Å². The first-order valence-corrected chi connectivity index (χ1v) is 6.11. The minimum atomic E-state index is -0.636. The second kappa shape index (κ2) is 4.96. The molecular weight excluding hydrogens is 203 g/mol. The summed E-state index contributed by atoms with van der Waals surface area (Å²) in [5, 5.41) is 10.0. The van der Waals surface area contributed by atoms with E-state index in [0.717, 1.165) is 5.56 Å². The van der Waals surface area contributed by atoms with Gasteiger partial charge in [0.2, 0.25) is 0 Å². The van der Waals surface area contributed by atoms with Gasteiger partial charge in [0.25, 0.3) is 0 Å². The van der Waals surface area contributed by atoms with Gasteiger partial charge in [-0.3, -0.25) is 0 Å². The molecule has 0 aromatic heterocycles. The molecule has 0 spiro atoms. The van der Waals surface area contributed by atoms with Crippen LogP contribution >= 0.6 is 0 Å². The third-order valence-electron chi connectivity index (χ3n) is 3.54. The minimum absolute atomic E-state index is 0.281. The standard InChI is InChI=1S/C14H19FO/c1-10-6-7-13(15)12(8-10)14(16)9-11-4-2-3-5-11/h6-8,11,14,16H,2-5,9H2,1H3. The van der Waals surface area contributed by atoms with Crippen LogP contribution in [0.2, 0.25) is 0 Å². The Labute approximate surface area is 96.3 Å². The van der Waals surface area contributed by atoms with Gasteiger partial charge in [0.1, 0.15) is 5.82 Å². The molecule has 0 amide bonds. The van der Waals surface area contributed by atoms with Gasteiger partial charge < -0.3 is 5.11 Å². The number of hydrogen-bond acceptors (Lipinski definition) is 1. The van der Waals surface area contributed by atoms with Crippen LogP contribution in [0, 0.1) is 18.7 Å². The molecule has 16 heavy (non-hydrogen) atoms. The maximum Gasteiger partial charge on any atom is 0.129 e. The third kappa shape index (κ3) is 2.62. The van der Waals surface area contributed by atoms with Crippen molar-refractivity contribution in [3.05, 3.63) is 35.1 Å². The average Bonchev–Trinajstić information content (AvgIpc) is 2.74. The van der Waals surface area contributed by atoms with Crippen molar-refractivity contribution in [1.29, 1.82) is 0 Å².